The topological polar surface area (TPSA) is 12.4 Å². The Hall–Kier alpha value is -1.76. The van der Waals surface area contributed by atoms with Crippen LogP contribution in [-0.2, 0) is 5.54 Å². The monoisotopic (exact) mass is 253 g/mol. The van der Waals surface area contributed by atoms with Crippen LogP contribution in [0.15, 0.2) is 65.7 Å². The second-order valence-electron chi connectivity index (χ2n) is 4.15. The first-order valence-electron chi connectivity index (χ1n) is 6.03. The molecule has 0 N–H and O–H groups in total. The Kier molecular flexibility index (Phi) is 4.03. The fraction of sp³-hybridized carbons (Fsp3) is 0.188. The van der Waals surface area contributed by atoms with E-state index in [4.69, 9.17) is 12.2 Å². The summed E-state index contributed by atoms with van der Waals surface area (Å²) in [6.45, 7) is 2.12. The van der Waals surface area contributed by atoms with Crippen LogP contribution in [0.25, 0.3) is 0 Å². The predicted molar refractivity (Wildman–Crippen MR) is 79.0 cm³/mol. The molecule has 0 radical (unpaired) electrons. The Balaban J connectivity index is 2.65. The summed E-state index contributed by atoms with van der Waals surface area (Å²) in [5, 5.41) is 2.56. The van der Waals surface area contributed by atoms with Gasteiger partial charge in [0.05, 0.1) is 5.16 Å². The van der Waals surface area contributed by atoms with Gasteiger partial charge in [-0.05, 0) is 29.8 Å². The first kappa shape index (κ1) is 12.7. The Morgan fingerprint density at radius 2 is 1.39 bits per heavy atom. The number of isothiocyanates is 1. The highest BCUT2D eigenvalue weighted by Gasteiger charge is 2.31. The molecule has 0 aliphatic rings. The Bertz CT molecular complexity index is 502. The highest BCUT2D eigenvalue weighted by Crippen LogP contribution is 2.36. The van der Waals surface area contributed by atoms with E-state index in [0.29, 0.717) is 0 Å². The molecule has 0 aromatic heterocycles. The number of nitrogens with zero attached hydrogens (tertiary/aromatic N) is 1. The summed E-state index contributed by atoms with van der Waals surface area (Å²) >= 11 is 4.85. The summed E-state index contributed by atoms with van der Waals surface area (Å²) in [4.78, 5) is 4.48. The normalized spacial score (nSPS) is 10.7. The van der Waals surface area contributed by atoms with Crippen molar-refractivity contribution in [2.24, 2.45) is 4.99 Å². The molecule has 0 saturated carbocycles. The van der Waals surface area contributed by atoms with Gasteiger partial charge in [0, 0.05) is 0 Å². The minimum atomic E-state index is -0.412. The van der Waals surface area contributed by atoms with Gasteiger partial charge in [-0.25, -0.2) is 4.99 Å². The largest absolute Gasteiger partial charge is 0.216 e. The van der Waals surface area contributed by atoms with E-state index in [1.807, 2.05) is 36.4 Å². The molecule has 0 unspecified atom stereocenters. The lowest BCUT2D eigenvalue weighted by atomic mass is 9.81. The third kappa shape index (κ3) is 2.26. The van der Waals surface area contributed by atoms with Gasteiger partial charge in [0.25, 0.3) is 0 Å². The van der Waals surface area contributed by atoms with E-state index in [1.54, 1.807) is 0 Å². The fourth-order valence-electron chi connectivity index (χ4n) is 2.29. The van der Waals surface area contributed by atoms with Crippen LogP contribution in [0.2, 0.25) is 0 Å². The zero-order valence-electron chi connectivity index (χ0n) is 10.3. The van der Waals surface area contributed by atoms with Gasteiger partial charge in [0.2, 0.25) is 0 Å². The molecule has 0 spiro atoms. The van der Waals surface area contributed by atoms with Crippen LogP contribution >= 0.6 is 12.2 Å². The molecule has 2 aromatic carbocycles. The molecule has 2 rings (SSSR count). The minimum absolute atomic E-state index is 0.412. The van der Waals surface area contributed by atoms with E-state index in [1.165, 1.54) is 0 Å². The first-order valence-corrected chi connectivity index (χ1v) is 6.44. The maximum Gasteiger partial charge on any atom is 0.121 e. The zero-order chi connectivity index (χ0) is 12.8. The highest BCUT2D eigenvalue weighted by molar-refractivity contribution is 7.78. The van der Waals surface area contributed by atoms with Crippen molar-refractivity contribution in [3.8, 4) is 0 Å². The lowest BCUT2D eigenvalue weighted by molar-refractivity contribution is 0.526. The molecule has 0 amide bonds. The summed E-state index contributed by atoms with van der Waals surface area (Å²) in [6.07, 6.45) is 0.852. The van der Waals surface area contributed by atoms with Crippen molar-refractivity contribution in [1.82, 2.24) is 0 Å². The van der Waals surface area contributed by atoms with Gasteiger partial charge < -0.3 is 0 Å². The average Bonchev–Trinajstić information content (AvgIpc) is 2.47. The summed E-state index contributed by atoms with van der Waals surface area (Å²) in [5.41, 5.74) is 1.89. The second kappa shape index (κ2) is 5.72. The van der Waals surface area contributed by atoms with Crippen LogP contribution in [-0.4, -0.2) is 5.16 Å². The summed E-state index contributed by atoms with van der Waals surface area (Å²) < 4.78 is 0. The lowest BCUT2D eigenvalue weighted by Crippen LogP contribution is -2.24. The van der Waals surface area contributed by atoms with Crippen molar-refractivity contribution >= 4 is 17.4 Å². The summed E-state index contributed by atoms with van der Waals surface area (Å²) in [5.74, 6) is 0. The van der Waals surface area contributed by atoms with E-state index in [2.05, 4.69) is 41.3 Å². The Labute approximate surface area is 113 Å². The van der Waals surface area contributed by atoms with Crippen molar-refractivity contribution in [2.45, 2.75) is 18.9 Å². The van der Waals surface area contributed by atoms with Crippen molar-refractivity contribution in [3.05, 3.63) is 71.8 Å². The molecule has 0 aliphatic carbocycles. The van der Waals surface area contributed by atoms with Crippen molar-refractivity contribution in [1.29, 1.82) is 0 Å². The average molecular weight is 253 g/mol. The van der Waals surface area contributed by atoms with Crippen LogP contribution in [0.4, 0.5) is 0 Å². The molecular formula is C16H15NS. The van der Waals surface area contributed by atoms with Gasteiger partial charge in [0.1, 0.15) is 5.54 Å². The van der Waals surface area contributed by atoms with Crippen LogP contribution in [0.1, 0.15) is 24.5 Å². The fourth-order valence-corrected chi connectivity index (χ4v) is 2.44. The van der Waals surface area contributed by atoms with Gasteiger partial charge in [-0.1, -0.05) is 67.6 Å². The number of hydrogen-bond donors (Lipinski definition) is 0. The molecule has 90 valence electrons. The number of hydrogen-bond acceptors (Lipinski definition) is 2. The Morgan fingerprint density at radius 3 is 1.72 bits per heavy atom. The highest BCUT2D eigenvalue weighted by atomic mass is 32.1. The number of aliphatic imine (C=N–C) groups is 1. The van der Waals surface area contributed by atoms with Crippen LogP contribution in [0.5, 0.6) is 0 Å². The summed E-state index contributed by atoms with van der Waals surface area (Å²) in [7, 11) is 0. The molecule has 0 fully saturated rings. The van der Waals surface area contributed by atoms with Crippen LogP contribution in [0.3, 0.4) is 0 Å². The van der Waals surface area contributed by atoms with Crippen molar-refractivity contribution in [2.75, 3.05) is 0 Å². The van der Waals surface area contributed by atoms with Crippen molar-refractivity contribution in [3.63, 3.8) is 0 Å². The molecule has 1 nitrogen and oxygen atoms in total. The number of thiocarbonyl (C=S) groups is 1. The first-order chi connectivity index (χ1) is 8.83. The van der Waals surface area contributed by atoms with Gasteiger partial charge in [-0.2, -0.15) is 0 Å². The van der Waals surface area contributed by atoms with Crippen molar-refractivity contribution < 1.29 is 0 Å². The molecule has 0 bridgehead atoms. The molecule has 2 aromatic rings. The van der Waals surface area contributed by atoms with Gasteiger partial charge in [-0.15, -0.1) is 0 Å². The quantitative estimate of drug-likeness (QED) is 0.579. The SMILES string of the molecule is CCC(N=C=S)(c1ccccc1)c1ccccc1. The van der Waals surface area contributed by atoms with Gasteiger partial charge in [0.15, 0.2) is 0 Å². The number of rotatable bonds is 4. The van der Waals surface area contributed by atoms with E-state index in [9.17, 15) is 0 Å². The smallest absolute Gasteiger partial charge is 0.121 e. The summed E-state index contributed by atoms with van der Waals surface area (Å²) in [6, 6.07) is 20.5. The lowest BCUT2D eigenvalue weighted by Gasteiger charge is -2.28. The van der Waals surface area contributed by atoms with E-state index in [-0.39, 0.29) is 0 Å². The van der Waals surface area contributed by atoms with E-state index in [0.717, 1.165) is 17.5 Å². The van der Waals surface area contributed by atoms with Crippen LogP contribution < -0.4 is 0 Å². The zero-order valence-corrected chi connectivity index (χ0v) is 11.2. The van der Waals surface area contributed by atoms with Gasteiger partial charge >= 0.3 is 0 Å². The van der Waals surface area contributed by atoms with Gasteiger partial charge in [-0.3, -0.25) is 0 Å². The molecule has 0 heterocycles. The van der Waals surface area contributed by atoms with E-state index < -0.39 is 5.54 Å². The number of benzene rings is 2. The van der Waals surface area contributed by atoms with Crippen LogP contribution in [0, 0.1) is 0 Å². The third-order valence-corrected chi connectivity index (χ3v) is 3.34. The molecular weight excluding hydrogens is 238 g/mol. The molecule has 0 saturated heterocycles. The second-order valence-corrected chi connectivity index (χ2v) is 4.33. The maximum absolute atomic E-state index is 4.85. The molecule has 0 atom stereocenters. The minimum Gasteiger partial charge on any atom is -0.216 e. The Morgan fingerprint density at radius 1 is 0.944 bits per heavy atom. The molecule has 0 aliphatic heterocycles. The van der Waals surface area contributed by atoms with E-state index >= 15 is 0 Å². The third-order valence-electron chi connectivity index (χ3n) is 3.25. The predicted octanol–water partition coefficient (Wildman–Crippen LogP) is 4.44. The molecule has 18 heavy (non-hydrogen) atoms. The maximum atomic E-state index is 4.85. The molecule has 2 heteroatoms. The standard InChI is InChI=1S/C16H15NS/c1-2-16(17-13-18,14-9-5-3-6-10-14)15-11-7-4-8-12-15/h3-12H,2H2,1H3.